The summed E-state index contributed by atoms with van der Waals surface area (Å²) in [5.74, 6) is 0.900. The molecular weight excluding hydrogens is 447 g/mol. The van der Waals surface area contributed by atoms with Gasteiger partial charge in [0.05, 0.1) is 12.7 Å². The Kier molecular flexibility index (Phi) is 6.40. The zero-order valence-corrected chi connectivity index (χ0v) is 20.4. The topological polar surface area (TPSA) is 92.7 Å². The average Bonchev–Trinajstić information content (AvgIpc) is 3.01. The summed E-state index contributed by atoms with van der Waals surface area (Å²) < 4.78 is 35.5. The van der Waals surface area contributed by atoms with Crippen LogP contribution in [0.2, 0.25) is 0 Å². The first-order chi connectivity index (χ1) is 15.7. The van der Waals surface area contributed by atoms with Crippen LogP contribution in [0.15, 0.2) is 30.3 Å². The van der Waals surface area contributed by atoms with Crippen LogP contribution in [-0.2, 0) is 28.3 Å². The molecule has 4 saturated heterocycles. The maximum Gasteiger partial charge on any atom is 0.527 e. The van der Waals surface area contributed by atoms with E-state index < -0.39 is 25.5 Å². The van der Waals surface area contributed by atoms with Gasteiger partial charge in [-0.3, -0.25) is 9.42 Å². The van der Waals surface area contributed by atoms with E-state index in [0.29, 0.717) is 30.4 Å². The first-order valence-corrected chi connectivity index (χ1v) is 13.6. The summed E-state index contributed by atoms with van der Waals surface area (Å²) in [5.41, 5.74) is -0.565. The second-order valence-corrected chi connectivity index (χ2v) is 11.7. The van der Waals surface area contributed by atoms with Crippen LogP contribution in [0.25, 0.3) is 0 Å². The third-order valence-corrected chi connectivity index (χ3v) is 9.10. The zero-order chi connectivity index (χ0) is 23.3. The Morgan fingerprint density at radius 1 is 1.12 bits per heavy atom. The van der Waals surface area contributed by atoms with Crippen molar-refractivity contribution >= 4 is 7.82 Å². The maximum atomic E-state index is 12.2. The Bertz CT molecular complexity index is 882. The van der Waals surface area contributed by atoms with Gasteiger partial charge in [-0.15, -0.1) is 0 Å². The molecule has 1 N–H and O–H groups in total. The van der Waals surface area contributed by atoms with Crippen LogP contribution < -0.4 is 4.52 Å². The minimum Gasteiger partial charge on any atom is -0.404 e. The number of rotatable bonds is 7. The van der Waals surface area contributed by atoms with E-state index in [0.717, 1.165) is 25.7 Å². The molecule has 184 valence electrons. The largest absolute Gasteiger partial charge is 0.527 e. The van der Waals surface area contributed by atoms with Crippen LogP contribution in [0.1, 0.15) is 59.3 Å². The van der Waals surface area contributed by atoms with Crippen molar-refractivity contribution in [2.24, 2.45) is 23.7 Å². The van der Waals surface area contributed by atoms with Crippen LogP contribution in [0.5, 0.6) is 5.75 Å². The van der Waals surface area contributed by atoms with Gasteiger partial charge in [0.1, 0.15) is 5.75 Å². The van der Waals surface area contributed by atoms with Gasteiger partial charge in [0.15, 0.2) is 11.9 Å². The minimum absolute atomic E-state index is 0.0528. The van der Waals surface area contributed by atoms with E-state index in [-0.39, 0.29) is 24.5 Å². The molecule has 9 heteroatoms. The summed E-state index contributed by atoms with van der Waals surface area (Å²) in [6.45, 7) is 6.54. The van der Waals surface area contributed by atoms with Crippen molar-refractivity contribution in [3.8, 4) is 5.75 Å². The summed E-state index contributed by atoms with van der Waals surface area (Å²) in [7, 11) is -4.17. The molecule has 1 unspecified atom stereocenters. The molecule has 0 aromatic heterocycles. The molecule has 5 fully saturated rings. The van der Waals surface area contributed by atoms with Gasteiger partial charge in [-0.25, -0.2) is 14.3 Å². The molecular formula is C24H35O8P. The zero-order valence-electron chi connectivity index (χ0n) is 19.6. The number of fused-ring (bicyclic) bond motifs is 2. The van der Waals surface area contributed by atoms with Crippen molar-refractivity contribution in [1.82, 2.24) is 0 Å². The maximum absolute atomic E-state index is 12.2. The number of para-hydroxylation sites is 1. The predicted octanol–water partition coefficient (Wildman–Crippen LogP) is 5.21. The summed E-state index contributed by atoms with van der Waals surface area (Å²) in [4.78, 5) is 22.0. The van der Waals surface area contributed by atoms with Gasteiger partial charge in [0, 0.05) is 12.3 Å². The molecule has 0 radical (unpaired) electrons. The van der Waals surface area contributed by atoms with E-state index in [9.17, 15) is 9.46 Å². The lowest BCUT2D eigenvalue weighted by molar-refractivity contribution is -0.571. The number of phosphoric ester groups is 1. The Balaban J connectivity index is 1.22. The molecule has 1 saturated carbocycles. The fraction of sp³-hybridized carbons (Fsp3) is 0.750. The lowest BCUT2D eigenvalue weighted by atomic mass is 9.57. The van der Waals surface area contributed by atoms with Crippen LogP contribution in [0, 0.1) is 23.7 Å². The van der Waals surface area contributed by atoms with Crippen LogP contribution in [0.3, 0.4) is 0 Å². The predicted molar refractivity (Wildman–Crippen MR) is 119 cm³/mol. The van der Waals surface area contributed by atoms with Gasteiger partial charge in [-0.05, 0) is 68.9 Å². The van der Waals surface area contributed by atoms with Crippen LogP contribution in [-0.4, -0.2) is 35.3 Å². The smallest absolute Gasteiger partial charge is 0.404 e. The Morgan fingerprint density at radius 3 is 2.70 bits per heavy atom. The van der Waals surface area contributed by atoms with Gasteiger partial charge >= 0.3 is 7.82 Å². The monoisotopic (exact) mass is 482 g/mol. The molecule has 1 spiro atoms. The Hall–Kier alpha value is -0.990. The van der Waals surface area contributed by atoms with Crippen molar-refractivity contribution in [1.29, 1.82) is 0 Å². The van der Waals surface area contributed by atoms with Gasteiger partial charge in [0.25, 0.3) is 0 Å². The number of hydrogen-bond acceptors (Lipinski definition) is 7. The van der Waals surface area contributed by atoms with Gasteiger partial charge in [-0.2, -0.15) is 0 Å². The molecule has 2 bridgehead atoms. The van der Waals surface area contributed by atoms with E-state index in [2.05, 4.69) is 13.8 Å². The van der Waals surface area contributed by atoms with Crippen molar-refractivity contribution in [2.45, 2.75) is 83.1 Å². The highest BCUT2D eigenvalue weighted by Crippen LogP contribution is 2.60. The number of ether oxygens (including phenoxy) is 2. The van der Waals surface area contributed by atoms with Crippen molar-refractivity contribution in [3.63, 3.8) is 0 Å². The summed E-state index contributed by atoms with van der Waals surface area (Å²) in [5, 5.41) is 0. The molecule has 4 aliphatic heterocycles. The van der Waals surface area contributed by atoms with Gasteiger partial charge in [0.2, 0.25) is 5.79 Å². The third kappa shape index (κ3) is 4.40. The summed E-state index contributed by atoms with van der Waals surface area (Å²) in [6.07, 6.45) is 4.74. The van der Waals surface area contributed by atoms with E-state index in [1.54, 1.807) is 24.3 Å². The standard InChI is InChI=1S/C24H35O8P/c1-16-11-12-20-17(2)21(10-7-15-27-33(25,26)30-18-8-5-4-6-9-18)28-22-24(20)19(16)13-14-23(3,29-22)31-32-24/h4-6,8-9,16-17,19-22H,7,10-15H2,1-3H3,(H,25,26)/t16-,17-,19+,20+,21-,22-,23-,24-/m1/s1. The van der Waals surface area contributed by atoms with Gasteiger partial charge in [-0.1, -0.05) is 32.0 Å². The van der Waals surface area contributed by atoms with Crippen LogP contribution >= 0.6 is 7.82 Å². The van der Waals surface area contributed by atoms with Crippen LogP contribution in [0.4, 0.5) is 0 Å². The first kappa shape index (κ1) is 23.7. The Labute approximate surface area is 195 Å². The second-order valence-electron chi connectivity index (χ2n) is 10.3. The molecule has 4 heterocycles. The molecule has 0 amide bonds. The number of hydrogen-bond donors (Lipinski definition) is 1. The fourth-order valence-electron chi connectivity index (χ4n) is 6.41. The van der Waals surface area contributed by atoms with E-state index in [1.807, 2.05) is 13.0 Å². The second kappa shape index (κ2) is 8.90. The molecule has 1 aromatic rings. The molecule has 5 aliphatic rings. The molecule has 6 rings (SSSR count). The highest BCUT2D eigenvalue weighted by Gasteiger charge is 2.69. The molecule has 1 aliphatic carbocycles. The highest BCUT2D eigenvalue weighted by atomic mass is 31.2. The average molecular weight is 483 g/mol. The molecule has 1 aromatic carbocycles. The molecule has 8 nitrogen and oxygen atoms in total. The lowest BCUT2D eigenvalue weighted by Gasteiger charge is -2.60. The lowest BCUT2D eigenvalue weighted by Crippen LogP contribution is -2.70. The quantitative estimate of drug-likeness (QED) is 0.322. The van der Waals surface area contributed by atoms with Crippen molar-refractivity contribution in [3.05, 3.63) is 30.3 Å². The molecule has 9 atom stereocenters. The number of phosphoric acid groups is 1. The number of benzene rings is 1. The third-order valence-electron chi connectivity index (χ3n) is 8.15. The Morgan fingerprint density at radius 2 is 1.91 bits per heavy atom. The normalized spacial score (nSPS) is 43.9. The van der Waals surface area contributed by atoms with Crippen molar-refractivity contribution in [2.75, 3.05) is 6.61 Å². The fourth-order valence-corrected chi connectivity index (χ4v) is 7.21. The van der Waals surface area contributed by atoms with E-state index in [1.165, 1.54) is 0 Å². The minimum atomic E-state index is -4.17. The summed E-state index contributed by atoms with van der Waals surface area (Å²) in [6, 6.07) is 8.51. The molecule has 33 heavy (non-hydrogen) atoms. The highest BCUT2D eigenvalue weighted by molar-refractivity contribution is 7.47. The van der Waals surface area contributed by atoms with Crippen molar-refractivity contribution < 1.29 is 37.8 Å². The van der Waals surface area contributed by atoms with E-state index >= 15 is 0 Å². The van der Waals surface area contributed by atoms with E-state index in [4.69, 9.17) is 28.3 Å². The summed E-state index contributed by atoms with van der Waals surface area (Å²) >= 11 is 0. The first-order valence-electron chi connectivity index (χ1n) is 12.1. The SMILES string of the molecule is C[C@H]1[C@@H](CCCOP(=O)(O)Oc2ccccc2)O[C@@H]2O[C@@]3(C)CC[C@H]4[C@H](C)CC[C@@H]1[C@@]24OO3. The van der Waals surface area contributed by atoms with Gasteiger partial charge < -0.3 is 14.0 Å².